The van der Waals surface area contributed by atoms with Gasteiger partial charge < -0.3 is 4.90 Å². The minimum atomic E-state index is 0.758. The third kappa shape index (κ3) is 4.28. The van der Waals surface area contributed by atoms with Gasteiger partial charge in [0.1, 0.15) is 0 Å². The molecule has 0 N–H and O–H groups in total. The summed E-state index contributed by atoms with van der Waals surface area (Å²) < 4.78 is 0. The molecule has 0 radical (unpaired) electrons. The molecule has 17 heavy (non-hydrogen) atoms. The van der Waals surface area contributed by atoms with Gasteiger partial charge in [0.2, 0.25) is 0 Å². The number of likely N-dealkylation sites (tertiary alicyclic amines) is 1. The van der Waals surface area contributed by atoms with Crippen LogP contribution in [0, 0.1) is 5.41 Å². The summed E-state index contributed by atoms with van der Waals surface area (Å²) in [6, 6.07) is 0.758. The maximum Gasteiger partial charge on any atom is 0.00385 e. The molecule has 2 fully saturated rings. The van der Waals surface area contributed by atoms with Crippen LogP contribution in [0.1, 0.15) is 79.1 Å². The van der Waals surface area contributed by atoms with Crippen molar-refractivity contribution in [3.63, 3.8) is 0 Å². The van der Waals surface area contributed by atoms with Crippen molar-refractivity contribution in [3.8, 4) is 0 Å². The molecular weight excluding hydrogens is 206 g/mol. The van der Waals surface area contributed by atoms with Crippen molar-refractivity contribution >= 4 is 0 Å². The number of hydrogen-bond acceptors (Lipinski definition) is 1. The molecule has 2 rings (SSSR count). The second-order valence-corrected chi connectivity index (χ2v) is 6.04. The molecule has 1 saturated heterocycles. The summed E-state index contributed by atoms with van der Waals surface area (Å²) in [6.45, 7) is 11.4. The first kappa shape index (κ1) is 15.0. The zero-order valence-corrected chi connectivity index (χ0v) is 12.6. The van der Waals surface area contributed by atoms with Crippen molar-refractivity contribution < 1.29 is 0 Å². The van der Waals surface area contributed by atoms with Crippen LogP contribution in [0.5, 0.6) is 0 Å². The van der Waals surface area contributed by atoms with Crippen LogP contribution in [0.25, 0.3) is 0 Å². The van der Waals surface area contributed by atoms with Gasteiger partial charge in [0.05, 0.1) is 0 Å². The summed E-state index contributed by atoms with van der Waals surface area (Å²) >= 11 is 0. The maximum atomic E-state index is 2.66. The van der Waals surface area contributed by atoms with E-state index in [1.54, 1.807) is 0 Å². The summed E-state index contributed by atoms with van der Waals surface area (Å²) in [5.41, 5.74) is 0.766. The van der Waals surface area contributed by atoms with Crippen molar-refractivity contribution in [1.29, 1.82) is 0 Å². The highest BCUT2D eigenvalue weighted by atomic mass is 15.2. The van der Waals surface area contributed by atoms with Gasteiger partial charge in [-0.15, -0.1) is 0 Å². The van der Waals surface area contributed by atoms with Crippen LogP contribution in [0.2, 0.25) is 0 Å². The molecule has 1 aliphatic heterocycles. The third-order valence-electron chi connectivity index (χ3n) is 4.75. The Balaban J connectivity index is 0.000000686. The highest BCUT2D eigenvalue weighted by Crippen LogP contribution is 2.43. The fourth-order valence-corrected chi connectivity index (χ4v) is 3.49. The molecular formula is C16H33N. The van der Waals surface area contributed by atoms with Crippen LogP contribution in [0.4, 0.5) is 0 Å². The van der Waals surface area contributed by atoms with Gasteiger partial charge in [-0.05, 0) is 58.0 Å². The van der Waals surface area contributed by atoms with Crippen molar-refractivity contribution in [1.82, 2.24) is 4.90 Å². The third-order valence-corrected chi connectivity index (χ3v) is 4.75. The number of nitrogens with zero attached hydrogens (tertiary/aromatic N) is 1. The molecule has 0 aromatic carbocycles. The largest absolute Gasteiger partial charge is 0.301 e. The van der Waals surface area contributed by atoms with E-state index in [2.05, 4.69) is 18.7 Å². The summed E-state index contributed by atoms with van der Waals surface area (Å²) in [4.78, 5) is 2.66. The molecule has 0 atom stereocenters. The van der Waals surface area contributed by atoms with E-state index in [1.807, 2.05) is 13.8 Å². The Morgan fingerprint density at radius 1 is 0.765 bits per heavy atom. The van der Waals surface area contributed by atoms with Gasteiger partial charge in [0.15, 0.2) is 0 Å². The van der Waals surface area contributed by atoms with Crippen LogP contribution in [-0.4, -0.2) is 24.0 Å². The lowest BCUT2D eigenvalue weighted by Crippen LogP contribution is -2.43. The molecule has 0 aromatic rings. The molecule has 0 bridgehead atoms. The fourth-order valence-electron chi connectivity index (χ4n) is 3.49. The van der Waals surface area contributed by atoms with Crippen LogP contribution in [0.15, 0.2) is 0 Å². The predicted octanol–water partition coefficient (Wildman–Crippen LogP) is 4.86. The lowest BCUT2D eigenvalue weighted by Gasteiger charge is -2.43. The summed E-state index contributed by atoms with van der Waals surface area (Å²) in [5.74, 6) is 0. The van der Waals surface area contributed by atoms with E-state index in [0.717, 1.165) is 11.5 Å². The quantitative estimate of drug-likeness (QED) is 0.632. The average Bonchev–Trinajstić information content (AvgIpc) is 2.58. The van der Waals surface area contributed by atoms with Crippen LogP contribution in [-0.2, 0) is 0 Å². The second kappa shape index (κ2) is 7.41. The molecule has 1 nitrogen and oxygen atoms in total. The SMILES string of the molecule is CC.CC(C)N1CCC2(CCCCCC2)CC1. The minimum absolute atomic E-state index is 0.758. The highest BCUT2D eigenvalue weighted by molar-refractivity contribution is 4.88. The topological polar surface area (TPSA) is 3.24 Å². The molecule has 1 spiro atoms. The van der Waals surface area contributed by atoms with E-state index < -0.39 is 0 Å². The Morgan fingerprint density at radius 3 is 1.65 bits per heavy atom. The first-order valence-corrected chi connectivity index (χ1v) is 7.96. The van der Waals surface area contributed by atoms with E-state index in [9.17, 15) is 0 Å². The van der Waals surface area contributed by atoms with Crippen LogP contribution >= 0.6 is 0 Å². The zero-order valence-electron chi connectivity index (χ0n) is 12.6. The summed E-state index contributed by atoms with van der Waals surface area (Å²) in [5, 5.41) is 0. The number of piperidine rings is 1. The molecule has 1 saturated carbocycles. The predicted molar refractivity (Wildman–Crippen MR) is 77.4 cm³/mol. The number of hydrogen-bond donors (Lipinski definition) is 0. The molecule has 1 heterocycles. The summed E-state index contributed by atoms with van der Waals surface area (Å²) in [6.07, 6.45) is 12.0. The average molecular weight is 239 g/mol. The van der Waals surface area contributed by atoms with Gasteiger partial charge in [0.25, 0.3) is 0 Å². The van der Waals surface area contributed by atoms with Gasteiger partial charge >= 0.3 is 0 Å². The smallest absolute Gasteiger partial charge is 0.00385 e. The molecule has 1 heteroatoms. The number of rotatable bonds is 1. The van der Waals surface area contributed by atoms with Gasteiger partial charge in [-0.25, -0.2) is 0 Å². The zero-order chi connectivity index (χ0) is 12.7. The second-order valence-electron chi connectivity index (χ2n) is 6.04. The molecule has 2 aliphatic rings. The highest BCUT2D eigenvalue weighted by Gasteiger charge is 2.34. The Kier molecular flexibility index (Phi) is 6.54. The van der Waals surface area contributed by atoms with Crippen molar-refractivity contribution in [3.05, 3.63) is 0 Å². The van der Waals surface area contributed by atoms with Crippen molar-refractivity contribution in [2.45, 2.75) is 85.1 Å². The molecule has 0 amide bonds. The fraction of sp³-hybridized carbons (Fsp3) is 1.00. The normalized spacial score (nSPS) is 25.2. The lowest BCUT2D eigenvalue weighted by molar-refractivity contribution is 0.0705. The van der Waals surface area contributed by atoms with Crippen LogP contribution in [0.3, 0.4) is 0 Å². The molecule has 0 unspecified atom stereocenters. The Morgan fingerprint density at radius 2 is 1.24 bits per heavy atom. The van der Waals surface area contributed by atoms with Gasteiger partial charge in [-0.3, -0.25) is 0 Å². The molecule has 102 valence electrons. The van der Waals surface area contributed by atoms with Gasteiger partial charge in [-0.2, -0.15) is 0 Å². The minimum Gasteiger partial charge on any atom is -0.301 e. The Bertz CT molecular complexity index is 180. The van der Waals surface area contributed by atoms with E-state index in [4.69, 9.17) is 0 Å². The van der Waals surface area contributed by atoms with E-state index >= 15 is 0 Å². The Hall–Kier alpha value is -0.0400. The van der Waals surface area contributed by atoms with Gasteiger partial charge in [-0.1, -0.05) is 39.5 Å². The molecule has 1 aliphatic carbocycles. The van der Waals surface area contributed by atoms with E-state index in [0.29, 0.717) is 0 Å². The maximum absolute atomic E-state index is 2.66. The monoisotopic (exact) mass is 239 g/mol. The molecule has 0 aromatic heterocycles. The summed E-state index contributed by atoms with van der Waals surface area (Å²) in [7, 11) is 0. The van der Waals surface area contributed by atoms with E-state index in [1.165, 1.54) is 64.5 Å². The first-order chi connectivity index (χ1) is 8.22. The van der Waals surface area contributed by atoms with Crippen molar-refractivity contribution in [2.24, 2.45) is 5.41 Å². The Labute approximate surface area is 109 Å². The first-order valence-electron chi connectivity index (χ1n) is 7.96. The standard InChI is InChI=1S/C14H27N.C2H6/c1-13(2)15-11-9-14(10-12-15)7-5-3-4-6-8-14;1-2/h13H,3-12H2,1-2H3;1-2H3. The van der Waals surface area contributed by atoms with Crippen LogP contribution < -0.4 is 0 Å². The van der Waals surface area contributed by atoms with Crippen molar-refractivity contribution in [2.75, 3.05) is 13.1 Å². The van der Waals surface area contributed by atoms with Gasteiger partial charge in [0, 0.05) is 6.04 Å². The lowest BCUT2D eigenvalue weighted by atomic mass is 9.72. The van der Waals surface area contributed by atoms with E-state index in [-0.39, 0.29) is 0 Å².